The number of hydrogen-bond donors (Lipinski definition) is 4. The Morgan fingerprint density at radius 3 is 1.10 bits per heavy atom. The Labute approximate surface area is 239 Å². The van der Waals surface area contributed by atoms with E-state index in [1.807, 2.05) is 95.2 Å². The van der Waals surface area contributed by atoms with Gasteiger partial charge in [0.05, 0.1) is 11.1 Å². The molecule has 5 nitrogen and oxygen atoms in total. The van der Waals surface area contributed by atoms with Gasteiger partial charge in [-0.1, -0.05) is 83.1 Å². The van der Waals surface area contributed by atoms with Crippen LogP contribution < -0.4 is 0 Å². The minimum Gasteiger partial charge on any atom is -0.507 e. The zero-order valence-electron chi connectivity index (χ0n) is 26.2. The Hall–Kier alpha value is -3.47. The summed E-state index contributed by atoms with van der Waals surface area (Å²) in [5.41, 5.74) is 2.75. The SMILES string of the molecule is CC(C)(C)c1cc(-c2cc(C=O)c(O)c(-c3cc(C(C)(C)C)c(O)c(C(C)(C)C)c3)c2O)cc(C(C)(C)C)c1O. The highest BCUT2D eigenvalue weighted by atomic mass is 16.3. The third-order valence-corrected chi connectivity index (χ3v) is 7.48. The first kappa shape index (κ1) is 31.1. The fourth-order valence-corrected chi connectivity index (χ4v) is 5.12. The molecule has 5 heteroatoms. The molecule has 3 aromatic rings. The van der Waals surface area contributed by atoms with E-state index in [-0.39, 0.29) is 34.1 Å². The molecule has 3 aromatic carbocycles. The lowest BCUT2D eigenvalue weighted by Crippen LogP contribution is -2.17. The number of benzene rings is 3. The van der Waals surface area contributed by atoms with Crippen LogP contribution in [0.4, 0.5) is 0 Å². The molecule has 0 saturated carbocycles. The molecule has 40 heavy (non-hydrogen) atoms. The minimum atomic E-state index is -0.434. The van der Waals surface area contributed by atoms with Crippen LogP contribution >= 0.6 is 0 Å². The lowest BCUT2D eigenvalue weighted by atomic mass is 9.76. The minimum absolute atomic E-state index is 0.0354. The van der Waals surface area contributed by atoms with Crippen molar-refractivity contribution in [1.82, 2.24) is 0 Å². The van der Waals surface area contributed by atoms with Crippen LogP contribution in [0.2, 0.25) is 0 Å². The number of phenolic OH excluding ortho intramolecular Hbond substituents is 4. The Bertz CT molecular complexity index is 1400. The van der Waals surface area contributed by atoms with Gasteiger partial charge in [0.25, 0.3) is 0 Å². The molecular weight excluding hydrogens is 500 g/mol. The molecule has 216 valence electrons. The van der Waals surface area contributed by atoms with Crippen molar-refractivity contribution in [2.75, 3.05) is 0 Å². The van der Waals surface area contributed by atoms with Gasteiger partial charge in [0.2, 0.25) is 0 Å². The summed E-state index contributed by atoms with van der Waals surface area (Å²) in [6, 6.07) is 8.72. The van der Waals surface area contributed by atoms with Crippen molar-refractivity contribution in [2.24, 2.45) is 0 Å². The van der Waals surface area contributed by atoms with Gasteiger partial charge in [0.15, 0.2) is 6.29 Å². The molecule has 0 unspecified atom stereocenters. The van der Waals surface area contributed by atoms with Crippen molar-refractivity contribution in [2.45, 2.75) is 105 Å². The molecule has 0 aromatic heterocycles. The van der Waals surface area contributed by atoms with E-state index >= 15 is 0 Å². The summed E-state index contributed by atoms with van der Waals surface area (Å²) in [6.07, 6.45) is 0.577. The van der Waals surface area contributed by atoms with Gasteiger partial charge in [-0.05, 0) is 63.1 Å². The first-order valence-corrected chi connectivity index (χ1v) is 13.8. The van der Waals surface area contributed by atoms with E-state index in [0.717, 1.165) is 0 Å². The summed E-state index contributed by atoms with van der Waals surface area (Å²) in [5.74, 6) is -0.120. The number of phenols is 4. The second-order valence-corrected chi connectivity index (χ2v) is 15.0. The summed E-state index contributed by atoms with van der Waals surface area (Å²) < 4.78 is 0. The highest BCUT2D eigenvalue weighted by Gasteiger charge is 2.31. The van der Waals surface area contributed by atoms with Crippen molar-refractivity contribution in [1.29, 1.82) is 0 Å². The van der Waals surface area contributed by atoms with Crippen molar-refractivity contribution in [3.63, 3.8) is 0 Å². The number of carbonyl (C=O) groups excluding carboxylic acids is 1. The van der Waals surface area contributed by atoms with Crippen molar-refractivity contribution in [3.05, 3.63) is 58.1 Å². The molecule has 0 atom stereocenters. The topological polar surface area (TPSA) is 98.0 Å². The van der Waals surface area contributed by atoms with E-state index in [1.165, 1.54) is 6.07 Å². The van der Waals surface area contributed by atoms with Crippen LogP contribution in [0.15, 0.2) is 30.3 Å². The molecule has 0 aliphatic rings. The zero-order chi connectivity index (χ0) is 30.7. The smallest absolute Gasteiger partial charge is 0.153 e. The molecule has 0 aliphatic heterocycles. The van der Waals surface area contributed by atoms with Crippen LogP contribution in [0, 0.1) is 0 Å². The van der Waals surface area contributed by atoms with Gasteiger partial charge in [0, 0.05) is 27.8 Å². The number of carbonyl (C=O) groups is 1. The first-order valence-electron chi connectivity index (χ1n) is 13.8. The fourth-order valence-electron chi connectivity index (χ4n) is 5.12. The van der Waals surface area contributed by atoms with Crippen molar-refractivity contribution >= 4 is 6.29 Å². The molecule has 0 bridgehead atoms. The van der Waals surface area contributed by atoms with Crippen LogP contribution in [0.5, 0.6) is 23.0 Å². The molecule has 4 N–H and O–H groups in total. The monoisotopic (exact) mass is 546 g/mol. The maximum absolute atomic E-state index is 12.2. The van der Waals surface area contributed by atoms with Crippen LogP contribution in [0.1, 0.15) is 116 Å². The number of rotatable bonds is 3. The van der Waals surface area contributed by atoms with Crippen molar-refractivity contribution in [3.8, 4) is 45.3 Å². The van der Waals surface area contributed by atoms with Crippen LogP contribution in [0.3, 0.4) is 0 Å². The molecule has 0 heterocycles. The molecule has 0 fully saturated rings. The normalized spacial score (nSPS) is 13.0. The van der Waals surface area contributed by atoms with Crippen molar-refractivity contribution < 1.29 is 25.2 Å². The second-order valence-electron chi connectivity index (χ2n) is 15.0. The van der Waals surface area contributed by atoms with Gasteiger partial charge in [-0.3, -0.25) is 4.79 Å². The Kier molecular flexibility index (Phi) is 7.66. The second kappa shape index (κ2) is 9.87. The summed E-state index contributed by atoms with van der Waals surface area (Å²) in [5, 5.41) is 45.6. The lowest BCUT2D eigenvalue weighted by Gasteiger charge is -2.29. The van der Waals surface area contributed by atoms with E-state index in [9.17, 15) is 25.2 Å². The predicted octanol–water partition coefficient (Wildman–Crippen LogP) is 8.85. The highest BCUT2D eigenvalue weighted by molar-refractivity contribution is 5.95. The largest absolute Gasteiger partial charge is 0.507 e. The molecule has 0 aliphatic carbocycles. The number of aldehydes is 1. The number of hydrogen-bond acceptors (Lipinski definition) is 5. The summed E-state index contributed by atoms with van der Waals surface area (Å²) >= 11 is 0. The van der Waals surface area contributed by atoms with E-state index in [0.29, 0.717) is 45.2 Å². The average Bonchev–Trinajstić information content (AvgIpc) is 2.77. The molecule has 0 saturated heterocycles. The predicted molar refractivity (Wildman–Crippen MR) is 164 cm³/mol. The van der Waals surface area contributed by atoms with E-state index in [1.54, 1.807) is 12.1 Å². The average molecular weight is 547 g/mol. The van der Waals surface area contributed by atoms with E-state index in [2.05, 4.69) is 0 Å². The quantitative estimate of drug-likeness (QED) is 0.246. The fraction of sp³-hybridized carbons (Fsp3) is 0.457. The maximum atomic E-state index is 12.2. The standard InChI is InChI=1S/C35H46O5/c1-32(2,3)23-14-19(15-24(30(23)39)33(4,5)6)22-13-21(18-36)28(37)27(29(22)38)20-16-25(34(7,8)9)31(40)26(17-20)35(10,11)12/h13-18,37-40H,1-12H3. The summed E-state index contributed by atoms with van der Waals surface area (Å²) in [4.78, 5) is 12.2. The van der Waals surface area contributed by atoms with Crippen LogP contribution in [-0.4, -0.2) is 26.7 Å². The summed E-state index contributed by atoms with van der Waals surface area (Å²) in [6.45, 7) is 24.0. The van der Waals surface area contributed by atoms with Gasteiger partial charge in [-0.25, -0.2) is 0 Å². The summed E-state index contributed by atoms with van der Waals surface area (Å²) in [7, 11) is 0. The van der Waals surface area contributed by atoms with Gasteiger partial charge in [-0.2, -0.15) is 0 Å². The Morgan fingerprint density at radius 2 is 0.800 bits per heavy atom. The third kappa shape index (κ3) is 5.70. The first-order chi connectivity index (χ1) is 18.0. The number of aromatic hydroxyl groups is 4. The van der Waals surface area contributed by atoms with Gasteiger partial charge < -0.3 is 20.4 Å². The molecule has 0 amide bonds. The van der Waals surface area contributed by atoms with Gasteiger partial charge in [0.1, 0.15) is 23.0 Å². The highest BCUT2D eigenvalue weighted by Crippen LogP contribution is 2.51. The van der Waals surface area contributed by atoms with Crippen LogP contribution in [0.25, 0.3) is 22.3 Å². The zero-order valence-corrected chi connectivity index (χ0v) is 26.2. The molecular formula is C35H46O5. The van der Waals surface area contributed by atoms with Gasteiger partial charge >= 0.3 is 0 Å². The Balaban J connectivity index is 2.53. The van der Waals surface area contributed by atoms with Gasteiger partial charge in [-0.15, -0.1) is 0 Å². The molecule has 0 radical (unpaired) electrons. The Morgan fingerprint density at radius 1 is 0.475 bits per heavy atom. The van der Waals surface area contributed by atoms with E-state index in [4.69, 9.17) is 0 Å². The van der Waals surface area contributed by atoms with Crippen LogP contribution in [-0.2, 0) is 21.7 Å². The van der Waals surface area contributed by atoms with E-state index < -0.39 is 21.7 Å². The maximum Gasteiger partial charge on any atom is 0.153 e. The third-order valence-electron chi connectivity index (χ3n) is 7.48. The molecule has 0 spiro atoms. The lowest BCUT2D eigenvalue weighted by molar-refractivity contribution is 0.112. The molecule has 3 rings (SSSR count).